The average Bonchev–Trinajstić information content (AvgIpc) is 3.06. The van der Waals surface area contributed by atoms with Crippen LogP contribution in [0.5, 0.6) is 0 Å². The van der Waals surface area contributed by atoms with Crippen molar-refractivity contribution in [2.45, 2.75) is 31.7 Å². The molecule has 1 aromatic carbocycles. The van der Waals surface area contributed by atoms with Crippen LogP contribution in [-0.4, -0.2) is 39.7 Å². The first-order valence-electron chi connectivity index (χ1n) is 7.90. The van der Waals surface area contributed by atoms with Gasteiger partial charge < -0.3 is 10.6 Å². The van der Waals surface area contributed by atoms with Gasteiger partial charge in [-0.05, 0) is 44.4 Å². The summed E-state index contributed by atoms with van der Waals surface area (Å²) >= 11 is 0. The Morgan fingerprint density at radius 2 is 2.04 bits per heavy atom. The van der Waals surface area contributed by atoms with Gasteiger partial charge in [-0.1, -0.05) is 18.2 Å². The molecule has 0 radical (unpaired) electrons. The zero-order valence-electron chi connectivity index (χ0n) is 13.1. The van der Waals surface area contributed by atoms with E-state index < -0.39 is 0 Å². The van der Waals surface area contributed by atoms with Crippen LogP contribution in [0.4, 0.5) is 0 Å². The van der Waals surface area contributed by atoms with Gasteiger partial charge in [0.25, 0.3) is 5.91 Å². The Kier molecular flexibility index (Phi) is 6.19. The third kappa shape index (κ3) is 3.92. The van der Waals surface area contributed by atoms with E-state index >= 15 is 0 Å². The molecule has 124 valence electrons. The summed E-state index contributed by atoms with van der Waals surface area (Å²) in [5.41, 5.74) is 7.29. The van der Waals surface area contributed by atoms with E-state index in [9.17, 15) is 4.79 Å². The van der Waals surface area contributed by atoms with Crippen molar-refractivity contribution in [2.24, 2.45) is 5.73 Å². The van der Waals surface area contributed by atoms with Crippen LogP contribution >= 0.6 is 12.4 Å². The SMILES string of the molecule is Cl.NCCC1CCCCN1C(=O)c1cnn(-c2ccccc2)c1. The second-order valence-electron chi connectivity index (χ2n) is 5.73. The molecule has 1 aliphatic heterocycles. The summed E-state index contributed by atoms with van der Waals surface area (Å²) in [7, 11) is 0. The summed E-state index contributed by atoms with van der Waals surface area (Å²) in [5, 5.41) is 4.32. The van der Waals surface area contributed by atoms with E-state index in [1.807, 2.05) is 41.4 Å². The van der Waals surface area contributed by atoms with Crippen molar-refractivity contribution in [1.82, 2.24) is 14.7 Å². The lowest BCUT2D eigenvalue weighted by molar-refractivity contribution is 0.0605. The Morgan fingerprint density at radius 3 is 2.78 bits per heavy atom. The zero-order chi connectivity index (χ0) is 15.4. The molecule has 1 saturated heterocycles. The fraction of sp³-hybridized carbons (Fsp3) is 0.412. The molecule has 0 spiro atoms. The normalized spacial score (nSPS) is 17.6. The van der Waals surface area contributed by atoms with E-state index in [4.69, 9.17) is 5.73 Å². The van der Waals surface area contributed by atoms with E-state index in [0.717, 1.165) is 31.5 Å². The summed E-state index contributed by atoms with van der Waals surface area (Å²) in [4.78, 5) is 14.7. The molecule has 0 bridgehead atoms. The molecule has 23 heavy (non-hydrogen) atoms. The minimum atomic E-state index is 0. The monoisotopic (exact) mass is 334 g/mol. The van der Waals surface area contributed by atoms with Crippen LogP contribution in [0.15, 0.2) is 42.7 Å². The molecular weight excluding hydrogens is 312 g/mol. The molecule has 1 aliphatic rings. The van der Waals surface area contributed by atoms with E-state index in [2.05, 4.69) is 5.10 Å². The molecule has 3 rings (SSSR count). The van der Waals surface area contributed by atoms with E-state index in [1.165, 1.54) is 6.42 Å². The fourth-order valence-electron chi connectivity index (χ4n) is 3.08. The average molecular weight is 335 g/mol. The van der Waals surface area contributed by atoms with Gasteiger partial charge in [0.15, 0.2) is 0 Å². The maximum absolute atomic E-state index is 12.8. The number of nitrogens with two attached hydrogens (primary N) is 1. The Balaban J connectivity index is 0.00000192. The molecule has 2 N–H and O–H groups in total. The first-order chi connectivity index (χ1) is 10.8. The molecule has 1 unspecified atom stereocenters. The first kappa shape index (κ1) is 17.5. The van der Waals surface area contributed by atoms with Gasteiger partial charge in [0, 0.05) is 18.8 Å². The number of amides is 1. The molecule has 1 aromatic heterocycles. The van der Waals surface area contributed by atoms with Gasteiger partial charge in [0.1, 0.15) is 0 Å². The quantitative estimate of drug-likeness (QED) is 0.934. The van der Waals surface area contributed by atoms with Gasteiger partial charge in [-0.2, -0.15) is 5.10 Å². The van der Waals surface area contributed by atoms with Crippen LogP contribution in [0, 0.1) is 0 Å². The molecule has 6 heteroatoms. The van der Waals surface area contributed by atoms with Crippen LogP contribution in [-0.2, 0) is 0 Å². The lowest BCUT2D eigenvalue weighted by Gasteiger charge is -2.35. The highest BCUT2D eigenvalue weighted by Gasteiger charge is 2.27. The van der Waals surface area contributed by atoms with Crippen LogP contribution in [0.25, 0.3) is 5.69 Å². The van der Waals surface area contributed by atoms with Crippen molar-refractivity contribution in [1.29, 1.82) is 0 Å². The molecule has 1 fully saturated rings. The summed E-state index contributed by atoms with van der Waals surface area (Å²) < 4.78 is 1.75. The predicted octanol–water partition coefficient (Wildman–Crippen LogP) is 2.64. The number of carbonyl (C=O) groups is 1. The highest BCUT2D eigenvalue weighted by Crippen LogP contribution is 2.22. The predicted molar refractivity (Wildman–Crippen MR) is 93.2 cm³/mol. The topological polar surface area (TPSA) is 64.2 Å². The molecule has 0 saturated carbocycles. The fourth-order valence-corrected chi connectivity index (χ4v) is 3.08. The summed E-state index contributed by atoms with van der Waals surface area (Å²) in [6.45, 7) is 1.44. The van der Waals surface area contributed by atoms with Gasteiger partial charge in [0.2, 0.25) is 0 Å². The molecule has 1 amide bonds. The van der Waals surface area contributed by atoms with Gasteiger partial charge in [-0.15, -0.1) is 12.4 Å². The number of piperidine rings is 1. The number of rotatable bonds is 4. The summed E-state index contributed by atoms with van der Waals surface area (Å²) in [6.07, 6.45) is 7.64. The van der Waals surface area contributed by atoms with Gasteiger partial charge in [0.05, 0.1) is 17.4 Å². The number of likely N-dealkylation sites (tertiary alicyclic amines) is 1. The van der Waals surface area contributed by atoms with Crippen molar-refractivity contribution < 1.29 is 4.79 Å². The number of aromatic nitrogens is 2. The number of para-hydroxylation sites is 1. The second kappa shape index (κ2) is 8.13. The molecule has 2 aromatic rings. The Hall–Kier alpha value is -1.85. The largest absolute Gasteiger partial charge is 0.336 e. The number of halogens is 1. The first-order valence-corrected chi connectivity index (χ1v) is 7.90. The lowest BCUT2D eigenvalue weighted by Crippen LogP contribution is -2.44. The molecule has 2 heterocycles. The third-order valence-corrected chi connectivity index (χ3v) is 4.24. The van der Waals surface area contributed by atoms with E-state index in [0.29, 0.717) is 12.1 Å². The minimum Gasteiger partial charge on any atom is -0.336 e. The molecule has 1 atom stereocenters. The van der Waals surface area contributed by atoms with Gasteiger partial charge in [-0.3, -0.25) is 4.79 Å². The van der Waals surface area contributed by atoms with Gasteiger partial charge >= 0.3 is 0 Å². The summed E-state index contributed by atoms with van der Waals surface area (Å²) in [6, 6.07) is 10.1. The van der Waals surface area contributed by atoms with Crippen LogP contribution < -0.4 is 5.73 Å². The van der Waals surface area contributed by atoms with Crippen molar-refractivity contribution in [3.05, 3.63) is 48.3 Å². The molecule has 5 nitrogen and oxygen atoms in total. The Bertz CT molecular complexity index is 627. The van der Waals surface area contributed by atoms with E-state index in [-0.39, 0.29) is 24.4 Å². The number of hydrogen-bond donors (Lipinski definition) is 1. The molecule has 0 aliphatic carbocycles. The number of nitrogens with zero attached hydrogens (tertiary/aromatic N) is 3. The minimum absolute atomic E-state index is 0. The number of carbonyl (C=O) groups excluding carboxylic acids is 1. The van der Waals surface area contributed by atoms with Crippen molar-refractivity contribution in [3.8, 4) is 5.69 Å². The zero-order valence-corrected chi connectivity index (χ0v) is 13.9. The Morgan fingerprint density at radius 1 is 1.26 bits per heavy atom. The smallest absolute Gasteiger partial charge is 0.257 e. The lowest BCUT2D eigenvalue weighted by atomic mass is 9.98. The highest BCUT2D eigenvalue weighted by molar-refractivity contribution is 5.94. The number of benzene rings is 1. The molecular formula is C17H23ClN4O. The van der Waals surface area contributed by atoms with Crippen molar-refractivity contribution >= 4 is 18.3 Å². The summed E-state index contributed by atoms with van der Waals surface area (Å²) in [5.74, 6) is 0.0698. The van der Waals surface area contributed by atoms with Gasteiger partial charge in [-0.25, -0.2) is 4.68 Å². The van der Waals surface area contributed by atoms with Crippen LogP contribution in [0.1, 0.15) is 36.0 Å². The highest BCUT2D eigenvalue weighted by atomic mass is 35.5. The third-order valence-electron chi connectivity index (χ3n) is 4.24. The van der Waals surface area contributed by atoms with Crippen molar-refractivity contribution in [2.75, 3.05) is 13.1 Å². The standard InChI is InChI=1S/C17H22N4O.ClH/c18-10-9-15-6-4-5-11-20(15)17(22)14-12-19-21(13-14)16-7-2-1-3-8-16;/h1-3,7-8,12-13,15H,4-6,9-11,18H2;1H. The van der Waals surface area contributed by atoms with Crippen LogP contribution in [0.3, 0.4) is 0 Å². The maximum Gasteiger partial charge on any atom is 0.257 e. The Labute approximate surface area is 142 Å². The number of hydrogen-bond acceptors (Lipinski definition) is 3. The maximum atomic E-state index is 12.8. The van der Waals surface area contributed by atoms with Crippen LogP contribution in [0.2, 0.25) is 0 Å². The van der Waals surface area contributed by atoms with E-state index in [1.54, 1.807) is 10.9 Å². The second-order valence-corrected chi connectivity index (χ2v) is 5.73. The van der Waals surface area contributed by atoms with Crippen molar-refractivity contribution in [3.63, 3.8) is 0 Å².